The molecule has 1 unspecified atom stereocenters. The molecule has 5 heteroatoms. The number of rotatable bonds is 9. The van der Waals surface area contributed by atoms with Gasteiger partial charge in [0.05, 0.1) is 12.6 Å². The lowest BCUT2D eigenvalue weighted by Crippen LogP contribution is -2.39. The highest BCUT2D eigenvalue weighted by molar-refractivity contribution is 14.0. The molecule has 142 valence electrons. The summed E-state index contributed by atoms with van der Waals surface area (Å²) in [7, 11) is 1.80. The lowest BCUT2D eigenvalue weighted by Gasteiger charge is -2.18. The van der Waals surface area contributed by atoms with Crippen LogP contribution in [-0.4, -0.2) is 26.2 Å². The van der Waals surface area contributed by atoms with Crippen molar-refractivity contribution < 1.29 is 4.74 Å². The van der Waals surface area contributed by atoms with Crippen LogP contribution >= 0.6 is 24.0 Å². The number of unbranched alkanes of at least 4 members (excludes halogenated alkanes) is 1. The summed E-state index contributed by atoms with van der Waals surface area (Å²) >= 11 is 0. The molecule has 0 radical (unpaired) electrons. The molecule has 0 aromatic heterocycles. The molecule has 1 atom stereocenters. The maximum atomic E-state index is 5.70. The molecule has 2 rings (SSSR count). The van der Waals surface area contributed by atoms with Gasteiger partial charge in [0.1, 0.15) is 0 Å². The molecule has 0 aliphatic heterocycles. The Labute approximate surface area is 174 Å². The monoisotopic (exact) mass is 467 g/mol. The predicted octanol–water partition coefficient (Wildman–Crippen LogP) is 4.53. The third-order valence-corrected chi connectivity index (χ3v) is 4.00. The normalized spacial score (nSPS) is 12.2. The minimum Gasteiger partial charge on any atom is -0.377 e. The van der Waals surface area contributed by atoms with E-state index in [2.05, 4.69) is 58.9 Å². The van der Waals surface area contributed by atoms with Crippen LogP contribution in [0.4, 0.5) is 0 Å². The molecule has 2 aromatic rings. The van der Waals surface area contributed by atoms with E-state index in [0.717, 1.165) is 32.0 Å². The summed E-state index contributed by atoms with van der Waals surface area (Å²) in [6, 6.07) is 20.9. The van der Waals surface area contributed by atoms with Crippen LogP contribution in [0.2, 0.25) is 0 Å². The number of hydrogen-bond acceptors (Lipinski definition) is 2. The molecule has 0 fully saturated rings. The van der Waals surface area contributed by atoms with Crippen molar-refractivity contribution >= 4 is 29.9 Å². The fourth-order valence-corrected chi connectivity index (χ4v) is 2.52. The summed E-state index contributed by atoms with van der Waals surface area (Å²) in [5.74, 6) is 0.835. The lowest BCUT2D eigenvalue weighted by molar-refractivity contribution is 0.117. The smallest absolute Gasteiger partial charge is 0.191 e. The Morgan fingerprint density at radius 2 is 1.65 bits per heavy atom. The van der Waals surface area contributed by atoms with Crippen molar-refractivity contribution in [2.75, 3.05) is 20.2 Å². The zero-order valence-corrected chi connectivity index (χ0v) is 18.0. The van der Waals surface area contributed by atoms with Crippen LogP contribution in [0.5, 0.6) is 0 Å². The standard InChI is InChI=1S/C21H29N3O.HI/c1-18(20-13-7-4-8-14-20)24-21(22-2)23-15-9-10-16-25-17-19-11-5-3-6-12-19;/h3-8,11-14,18H,9-10,15-17H2,1-2H3,(H2,22,23,24);1H. The van der Waals surface area contributed by atoms with Crippen molar-refractivity contribution in [3.8, 4) is 0 Å². The fraction of sp³-hybridized carbons (Fsp3) is 0.381. The van der Waals surface area contributed by atoms with Crippen molar-refractivity contribution in [3.05, 3.63) is 71.8 Å². The van der Waals surface area contributed by atoms with Crippen molar-refractivity contribution in [1.82, 2.24) is 10.6 Å². The van der Waals surface area contributed by atoms with Crippen LogP contribution in [0, 0.1) is 0 Å². The Hall–Kier alpha value is -1.60. The van der Waals surface area contributed by atoms with Gasteiger partial charge >= 0.3 is 0 Å². The molecule has 0 aliphatic rings. The second-order valence-corrected chi connectivity index (χ2v) is 6.02. The van der Waals surface area contributed by atoms with Gasteiger partial charge in [0, 0.05) is 20.2 Å². The quantitative estimate of drug-likeness (QED) is 0.247. The van der Waals surface area contributed by atoms with Gasteiger partial charge in [-0.05, 0) is 30.9 Å². The van der Waals surface area contributed by atoms with Crippen LogP contribution in [0.1, 0.15) is 36.9 Å². The van der Waals surface area contributed by atoms with Gasteiger partial charge in [0.25, 0.3) is 0 Å². The topological polar surface area (TPSA) is 45.7 Å². The first-order valence-electron chi connectivity index (χ1n) is 8.93. The van der Waals surface area contributed by atoms with Gasteiger partial charge in [0.2, 0.25) is 0 Å². The van der Waals surface area contributed by atoms with Gasteiger partial charge in [-0.1, -0.05) is 60.7 Å². The van der Waals surface area contributed by atoms with E-state index in [9.17, 15) is 0 Å². The molecule has 0 bridgehead atoms. The highest BCUT2D eigenvalue weighted by Crippen LogP contribution is 2.10. The highest BCUT2D eigenvalue weighted by atomic mass is 127. The number of nitrogens with one attached hydrogen (secondary N) is 2. The Kier molecular flexibility index (Phi) is 11.7. The fourth-order valence-electron chi connectivity index (χ4n) is 2.52. The molecule has 4 nitrogen and oxygen atoms in total. The number of halogens is 1. The van der Waals surface area contributed by atoms with E-state index in [4.69, 9.17) is 4.74 Å². The van der Waals surface area contributed by atoms with Gasteiger partial charge in [-0.25, -0.2) is 0 Å². The summed E-state index contributed by atoms with van der Waals surface area (Å²) < 4.78 is 5.70. The van der Waals surface area contributed by atoms with Gasteiger partial charge in [-0.2, -0.15) is 0 Å². The van der Waals surface area contributed by atoms with Gasteiger partial charge in [0.15, 0.2) is 5.96 Å². The van der Waals surface area contributed by atoms with Crippen molar-refractivity contribution in [1.29, 1.82) is 0 Å². The maximum Gasteiger partial charge on any atom is 0.191 e. The molecule has 0 saturated heterocycles. The Balaban J connectivity index is 0.00000338. The molecular formula is C21H30IN3O. The lowest BCUT2D eigenvalue weighted by atomic mass is 10.1. The van der Waals surface area contributed by atoms with E-state index in [1.165, 1.54) is 11.1 Å². The van der Waals surface area contributed by atoms with Crippen LogP contribution in [-0.2, 0) is 11.3 Å². The first-order chi connectivity index (χ1) is 12.3. The van der Waals surface area contributed by atoms with E-state index in [1.54, 1.807) is 7.05 Å². The SMILES string of the molecule is CN=C(NCCCCOCc1ccccc1)NC(C)c1ccccc1.I. The van der Waals surface area contributed by atoms with Crippen molar-refractivity contribution in [3.63, 3.8) is 0 Å². The van der Waals surface area contributed by atoms with Crippen molar-refractivity contribution in [2.45, 2.75) is 32.4 Å². The minimum atomic E-state index is 0. The van der Waals surface area contributed by atoms with E-state index in [1.807, 2.05) is 24.3 Å². The number of ether oxygens (including phenoxy) is 1. The molecule has 26 heavy (non-hydrogen) atoms. The third-order valence-electron chi connectivity index (χ3n) is 4.00. The van der Waals surface area contributed by atoms with Crippen LogP contribution in [0.15, 0.2) is 65.7 Å². The summed E-state index contributed by atoms with van der Waals surface area (Å²) in [4.78, 5) is 4.29. The minimum absolute atomic E-state index is 0. The number of guanidine groups is 1. The number of nitrogens with zero attached hydrogens (tertiary/aromatic N) is 1. The summed E-state index contributed by atoms with van der Waals surface area (Å²) in [6.45, 7) is 4.49. The van der Waals surface area contributed by atoms with Gasteiger partial charge in [-0.3, -0.25) is 4.99 Å². The summed E-state index contributed by atoms with van der Waals surface area (Å²) in [5, 5.41) is 6.78. The van der Waals surface area contributed by atoms with Gasteiger partial charge < -0.3 is 15.4 Å². The molecule has 0 spiro atoms. The molecule has 2 aromatic carbocycles. The van der Waals surface area contributed by atoms with E-state index in [0.29, 0.717) is 6.61 Å². The number of benzene rings is 2. The first kappa shape index (κ1) is 22.4. The van der Waals surface area contributed by atoms with E-state index in [-0.39, 0.29) is 30.0 Å². The highest BCUT2D eigenvalue weighted by Gasteiger charge is 2.06. The molecule has 0 aliphatic carbocycles. The van der Waals surface area contributed by atoms with Crippen LogP contribution in [0.25, 0.3) is 0 Å². The molecule has 2 N–H and O–H groups in total. The van der Waals surface area contributed by atoms with Crippen LogP contribution in [0.3, 0.4) is 0 Å². The third kappa shape index (κ3) is 8.67. The molecule has 0 saturated carbocycles. The molecule has 0 amide bonds. The second kappa shape index (κ2) is 13.6. The van der Waals surface area contributed by atoms with Gasteiger partial charge in [-0.15, -0.1) is 24.0 Å². The van der Waals surface area contributed by atoms with Crippen LogP contribution < -0.4 is 10.6 Å². The largest absolute Gasteiger partial charge is 0.377 e. The van der Waals surface area contributed by atoms with Crippen molar-refractivity contribution in [2.24, 2.45) is 4.99 Å². The Morgan fingerprint density at radius 1 is 1.00 bits per heavy atom. The number of aliphatic imine (C=N–C) groups is 1. The number of hydrogen-bond donors (Lipinski definition) is 2. The summed E-state index contributed by atoms with van der Waals surface area (Å²) in [6.07, 6.45) is 2.08. The zero-order chi connectivity index (χ0) is 17.7. The average Bonchev–Trinajstić information content (AvgIpc) is 2.67. The first-order valence-corrected chi connectivity index (χ1v) is 8.93. The molecular weight excluding hydrogens is 437 g/mol. The summed E-state index contributed by atoms with van der Waals surface area (Å²) in [5.41, 5.74) is 2.47. The van der Waals surface area contributed by atoms with E-state index >= 15 is 0 Å². The molecule has 0 heterocycles. The average molecular weight is 467 g/mol. The maximum absolute atomic E-state index is 5.70. The Bertz CT molecular complexity index is 620. The zero-order valence-electron chi connectivity index (χ0n) is 15.7. The second-order valence-electron chi connectivity index (χ2n) is 6.02. The Morgan fingerprint density at radius 3 is 2.31 bits per heavy atom. The predicted molar refractivity (Wildman–Crippen MR) is 120 cm³/mol. The van der Waals surface area contributed by atoms with E-state index < -0.39 is 0 Å².